The molecule has 0 bridgehead atoms. The summed E-state index contributed by atoms with van der Waals surface area (Å²) in [6.45, 7) is 3.45. The Morgan fingerprint density at radius 3 is 2.58 bits per heavy atom. The zero-order valence-corrected chi connectivity index (χ0v) is 6.98. The predicted molar refractivity (Wildman–Crippen MR) is 38.5 cm³/mol. The highest BCUT2D eigenvalue weighted by Crippen LogP contribution is 2.24. The molecule has 5 heteroatoms. The molecule has 0 spiro atoms. The third-order valence-corrected chi connectivity index (χ3v) is 1.64. The van der Waals surface area contributed by atoms with Crippen molar-refractivity contribution in [3.63, 3.8) is 0 Å². The van der Waals surface area contributed by atoms with Crippen molar-refractivity contribution in [3.8, 4) is 0 Å². The van der Waals surface area contributed by atoms with Gasteiger partial charge in [-0.05, 0) is 13.8 Å². The van der Waals surface area contributed by atoms with Crippen LogP contribution in [0.1, 0.15) is 13.8 Å². The van der Waals surface area contributed by atoms with Crippen LogP contribution in [0.25, 0.3) is 0 Å². The lowest BCUT2D eigenvalue weighted by atomic mass is 10.2. The summed E-state index contributed by atoms with van der Waals surface area (Å²) in [5, 5.41) is 17.5. The Labute approximate surface area is 69.9 Å². The molecule has 0 aromatic carbocycles. The molecule has 0 aromatic heterocycles. The maximum Gasteiger partial charge on any atom is 0.335 e. The number of carboxylic acid groups (broad SMARTS) is 1. The first-order valence-corrected chi connectivity index (χ1v) is 3.65. The third-order valence-electron chi connectivity index (χ3n) is 1.64. The Bertz CT molecular complexity index is 188. The van der Waals surface area contributed by atoms with Crippen LogP contribution in [0.15, 0.2) is 0 Å². The van der Waals surface area contributed by atoms with E-state index in [4.69, 9.17) is 19.7 Å². The average Bonchev–Trinajstić information content (AvgIpc) is 2.28. The molecule has 0 aliphatic carbocycles. The number of carbonyl (C=O) groups is 1. The first-order valence-electron chi connectivity index (χ1n) is 3.65. The fourth-order valence-corrected chi connectivity index (χ4v) is 1.03. The minimum atomic E-state index is -1.51. The van der Waals surface area contributed by atoms with Crippen molar-refractivity contribution in [2.75, 3.05) is 6.61 Å². The van der Waals surface area contributed by atoms with Gasteiger partial charge in [-0.25, -0.2) is 4.79 Å². The van der Waals surface area contributed by atoms with Crippen LogP contribution in [-0.2, 0) is 14.3 Å². The van der Waals surface area contributed by atoms with Crippen LogP contribution in [-0.4, -0.2) is 40.8 Å². The van der Waals surface area contributed by atoms with Crippen molar-refractivity contribution < 1.29 is 24.5 Å². The van der Waals surface area contributed by atoms with E-state index in [9.17, 15) is 4.79 Å². The molecule has 0 aromatic rings. The third kappa shape index (κ3) is 1.94. The second-order valence-corrected chi connectivity index (χ2v) is 3.15. The molecule has 70 valence electrons. The van der Waals surface area contributed by atoms with Gasteiger partial charge < -0.3 is 19.7 Å². The second-order valence-electron chi connectivity index (χ2n) is 3.15. The van der Waals surface area contributed by atoms with E-state index in [0.717, 1.165) is 0 Å². The number of hydrogen-bond acceptors (Lipinski definition) is 4. The van der Waals surface area contributed by atoms with Crippen molar-refractivity contribution in [1.29, 1.82) is 0 Å². The quantitative estimate of drug-likeness (QED) is 0.597. The Hall–Kier alpha value is -0.650. The summed E-state index contributed by atoms with van der Waals surface area (Å²) in [5.41, 5.74) is 0. The highest BCUT2D eigenvalue weighted by Gasteiger charge is 2.39. The summed E-state index contributed by atoms with van der Waals surface area (Å²) in [6, 6.07) is 0. The summed E-state index contributed by atoms with van der Waals surface area (Å²) < 4.78 is 10.2. The highest BCUT2D eigenvalue weighted by atomic mass is 16.7. The van der Waals surface area contributed by atoms with Gasteiger partial charge in [0.05, 0.1) is 6.61 Å². The van der Waals surface area contributed by atoms with Crippen LogP contribution in [0, 0.1) is 0 Å². The maximum absolute atomic E-state index is 10.3. The molecule has 1 rings (SSSR count). The van der Waals surface area contributed by atoms with E-state index in [1.165, 1.54) is 0 Å². The predicted octanol–water partition coefficient (Wildman–Crippen LogP) is -0.417. The fourth-order valence-electron chi connectivity index (χ4n) is 1.03. The Morgan fingerprint density at radius 2 is 2.25 bits per heavy atom. The molecule has 0 saturated carbocycles. The SMILES string of the molecule is CC1(C)OC[C@H](C(O)C(=O)O)O1. The van der Waals surface area contributed by atoms with Crippen LogP contribution in [0.3, 0.4) is 0 Å². The molecule has 1 fully saturated rings. The van der Waals surface area contributed by atoms with Crippen LogP contribution >= 0.6 is 0 Å². The number of hydrogen-bond donors (Lipinski definition) is 2. The number of aliphatic hydroxyl groups is 1. The summed E-state index contributed by atoms with van der Waals surface area (Å²) in [6.07, 6.45) is -2.27. The molecule has 5 nitrogen and oxygen atoms in total. The molecule has 12 heavy (non-hydrogen) atoms. The van der Waals surface area contributed by atoms with E-state index < -0.39 is 24.0 Å². The first kappa shape index (κ1) is 9.44. The van der Waals surface area contributed by atoms with Gasteiger partial charge in [-0.1, -0.05) is 0 Å². The molecule has 1 aliphatic heterocycles. The van der Waals surface area contributed by atoms with Crippen molar-refractivity contribution in [2.24, 2.45) is 0 Å². The zero-order valence-electron chi connectivity index (χ0n) is 6.98. The second kappa shape index (κ2) is 3.01. The lowest BCUT2D eigenvalue weighted by Gasteiger charge is -2.18. The van der Waals surface area contributed by atoms with Gasteiger partial charge in [0.2, 0.25) is 0 Å². The molecule has 2 N–H and O–H groups in total. The van der Waals surface area contributed by atoms with E-state index in [-0.39, 0.29) is 6.61 Å². The molecule has 1 saturated heterocycles. The van der Waals surface area contributed by atoms with Gasteiger partial charge in [0.25, 0.3) is 0 Å². The van der Waals surface area contributed by atoms with E-state index >= 15 is 0 Å². The van der Waals surface area contributed by atoms with Gasteiger partial charge in [-0.3, -0.25) is 0 Å². The van der Waals surface area contributed by atoms with Crippen LogP contribution in [0.4, 0.5) is 0 Å². The van der Waals surface area contributed by atoms with Gasteiger partial charge in [0.15, 0.2) is 11.9 Å². The smallest absolute Gasteiger partial charge is 0.335 e. The minimum absolute atomic E-state index is 0.112. The summed E-state index contributed by atoms with van der Waals surface area (Å²) >= 11 is 0. The molecule has 2 atom stereocenters. The Balaban J connectivity index is 2.52. The number of carboxylic acids is 1. The van der Waals surface area contributed by atoms with Crippen LogP contribution in [0.2, 0.25) is 0 Å². The maximum atomic E-state index is 10.3. The average molecular weight is 176 g/mol. The number of ether oxygens (including phenoxy) is 2. The van der Waals surface area contributed by atoms with Crippen molar-refractivity contribution in [2.45, 2.75) is 31.8 Å². The van der Waals surface area contributed by atoms with E-state index in [1.54, 1.807) is 13.8 Å². The van der Waals surface area contributed by atoms with Gasteiger partial charge in [-0.15, -0.1) is 0 Å². The van der Waals surface area contributed by atoms with Gasteiger partial charge in [0, 0.05) is 0 Å². The molecule has 1 unspecified atom stereocenters. The summed E-state index contributed by atoms with van der Waals surface area (Å²) in [4.78, 5) is 10.3. The monoisotopic (exact) mass is 176 g/mol. The number of rotatable bonds is 2. The normalized spacial score (nSPS) is 30.1. The minimum Gasteiger partial charge on any atom is -0.479 e. The van der Waals surface area contributed by atoms with Gasteiger partial charge in [0.1, 0.15) is 6.10 Å². The zero-order chi connectivity index (χ0) is 9.35. The molecule has 1 heterocycles. The Kier molecular flexibility index (Phi) is 2.36. The van der Waals surface area contributed by atoms with Crippen molar-refractivity contribution >= 4 is 5.97 Å². The van der Waals surface area contributed by atoms with Crippen molar-refractivity contribution in [3.05, 3.63) is 0 Å². The van der Waals surface area contributed by atoms with Crippen LogP contribution in [0.5, 0.6) is 0 Å². The van der Waals surface area contributed by atoms with Gasteiger partial charge in [-0.2, -0.15) is 0 Å². The molecule has 0 radical (unpaired) electrons. The summed E-state index contributed by atoms with van der Waals surface area (Å²) in [7, 11) is 0. The van der Waals surface area contributed by atoms with Gasteiger partial charge >= 0.3 is 5.97 Å². The lowest BCUT2D eigenvalue weighted by molar-refractivity contribution is -0.168. The molecule has 0 amide bonds. The summed E-state index contributed by atoms with van der Waals surface area (Å²) in [5.74, 6) is -2.08. The highest BCUT2D eigenvalue weighted by molar-refractivity contribution is 5.72. The molecular weight excluding hydrogens is 164 g/mol. The Morgan fingerprint density at radius 1 is 1.67 bits per heavy atom. The topological polar surface area (TPSA) is 76.0 Å². The molecule has 1 aliphatic rings. The first-order chi connectivity index (χ1) is 5.42. The largest absolute Gasteiger partial charge is 0.479 e. The number of aliphatic hydroxyl groups excluding tert-OH is 1. The lowest BCUT2D eigenvalue weighted by Crippen LogP contribution is -2.36. The number of aliphatic carboxylic acids is 1. The standard InChI is InChI=1S/C7H12O5/c1-7(2)11-3-4(12-7)5(8)6(9)10/h4-5,8H,3H2,1-2H3,(H,9,10)/t4-,5?/m1/s1. The fraction of sp³-hybridized carbons (Fsp3) is 0.857. The van der Waals surface area contributed by atoms with E-state index in [0.29, 0.717) is 0 Å². The van der Waals surface area contributed by atoms with E-state index in [2.05, 4.69) is 0 Å². The van der Waals surface area contributed by atoms with Crippen molar-refractivity contribution in [1.82, 2.24) is 0 Å². The van der Waals surface area contributed by atoms with Crippen LogP contribution < -0.4 is 0 Å². The molecular formula is C7H12O5. The van der Waals surface area contributed by atoms with E-state index in [1.807, 2.05) is 0 Å².